The summed E-state index contributed by atoms with van der Waals surface area (Å²) in [5, 5.41) is 4.23. The van der Waals surface area contributed by atoms with Crippen LogP contribution in [0.25, 0.3) is 0 Å². The second-order valence-electron chi connectivity index (χ2n) is 6.67. The van der Waals surface area contributed by atoms with Crippen LogP contribution in [0.5, 0.6) is 0 Å². The van der Waals surface area contributed by atoms with Crippen LogP contribution in [0.1, 0.15) is 57.4 Å². The molecule has 4 nitrogen and oxygen atoms in total. The van der Waals surface area contributed by atoms with Gasteiger partial charge in [0.1, 0.15) is 5.60 Å². The normalized spacial score (nSPS) is 19.4. The fourth-order valence-electron chi connectivity index (χ4n) is 3.48. The molecule has 21 heavy (non-hydrogen) atoms. The molecule has 1 amide bonds. The highest BCUT2D eigenvalue weighted by atomic mass is 32.1. The van der Waals surface area contributed by atoms with E-state index in [9.17, 15) is 4.79 Å². The summed E-state index contributed by atoms with van der Waals surface area (Å²) >= 11 is 1.68. The van der Waals surface area contributed by atoms with Gasteiger partial charge >= 0.3 is 6.09 Å². The molecule has 0 radical (unpaired) electrons. The van der Waals surface area contributed by atoms with E-state index in [1.54, 1.807) is 11.3 Å². The molecule has 1 heterocycles. The first-order chi connectivity index (χ1) is 9.89. The molecular weight excluding hydrogens is 284 g/mol. The van der Waals surface area contributed by atoms with Crippen molar-refractivity contribution in [1.82, 2.24) is 0 Å². The van der Waals surface area contributed by atoms with E-state index in [4.69, 9.17) is 16.2 Å². The van der Waals surface area contributed by atoms with Crippen molar-refractivity contribution < 1.29 is 9.53 Å². The number of nitrogens with two attached hydrogens (primary N) is 2. The number of ether oxygens (including phenoxy) is 1. The van der Waals surface area contributed by atoms with Crippen LogP contribution < -0.4 is 11.5 Å². The van der Waals surface area contributed by atoms with Gasteiger partial charge in [0.15, 0.2) is 0 Å². The summed E-state index contributed by atoms with van der Waals surface area (Å²) in [7, 11) is 0. The summed E-state index contributed by atoms with van der Waals surface area (Å²) in [4.78, 5) is 11.1. The molecule has 1 aliphatic rings. The number of hydrogen-bond acceptors (Lipinski definition) is 4. The van der Waals surface area contributed by atoms with Gasteiger partial charge < -0.3 is 16.2 Å². The van der Waals surface area contributed by atoms with E-state index in [-0.39, 0.29) is 12.0 Å². The molecule has 0 saturated heterocycles. The lowest BCUT2D eigenvalue weighted by Gasteiger charge is -2.34. The smallest absolute Gasteiger partial charge is 0.405 e. The maximum absolute atomic E-state index is 11.1. The Bertz CT molecular complexity index is 453. The second kappa shape index (κ2) is 6.79. The molecule has 2 atom stereocenters. The van der Waals surface area contributed by atoms with E-state index in [0.29, 0.717) is 12.3 Å². The Kier molecular flexibility index (Phi) is 5.27. The van der Waals surface area contributed by atoms with Crippen molar-refractivity contribution in [2.45, 2.75) is 63.5 Å². The van der Waals surface area contributed by atoms with E-state index in [2.05, 4.69) is 16.8 Å². The molecule has 1 fully saturated rings. The number of rotatable bonds is 6. The van der Waals surface area contributed by atoms with Gasteiger partial charge in [0.05, 0.1) is 0 Å². The van der Waals surface area contributed by atoms with Gasteiger partial charge in [-0.05, 0) is 61.4 Å². The van der Waals surface area contributed by atoms with Crippen LogP contribution in [-0.2, 0) is 4.74 Å². The Balaban J connectivity index is 2.14. The molecule has 4 N–H and O–H groups in total. The zero-order valence-electron chi connectivity index (χ0n) is 12.9. The van der Waals surface area contributed by atoms with Crippen LogP contribution in [-0.4, -0.2) is 17.7 Å². The van der Waals surface area contributed by atoms with E-state index in [1.807, 2.05) is 13.8 Å². The van der Waals surface area contributed by atoms with Crippen LogP contribution in [0, 0.1) is 5.92 Å². The Hall–Kier alpha value is -1.07. The number of carbonyl (C=O) groups excluding carboxylic acids is 1. The van der Waals surface area contributed by atoms with Crippen LogP contribution in [0.3, 0.4) is 0 Å². The van der Waals surface area contributed by atoms with E-state index < -0.39 is 11.7 Å². The quantitative estimate of drug-likeness (QED) is 0.842. The van der Waals surface area contributed by atoms with Crippen LogP contribution in [0.15, 0.2) is 16.8 Å². The molecular formula is C16H26N2O2S. The minimum absolute atomic E-state index is 0.109. The van der Waals surface area contributed by atoms with E-state index in [0.717, 1.165) is 0 Å². The molecule has 1 saturated carbocycles. The first-order valence-electron chi connectivity index (χ1n) is 7.65. The third kappa shape index (κ3) is 4.45. The topological polar surface area (TPSA) is 78.3 Å². The lowest BCUT2D eigenvalue weighted by Crippen LogP contribution is -2.40. The van der Waals surface area contributed by atoms with Gasteiger partial charge in [-0.2, -0.15) is 11.3 Å². The largest absolute Gasteiger partial charge is 0.444 e. The number of primary amides is 1. The molecule has 1 unspecified atom stereocenters. The van der Waals surface area contributed by atoms with Crippen molar-refractivity contribution >= 4 is 17.4 Å². The Morgan fingerprint density at radius 1 is 1.48 bits per heavy atom. The Morgan fingerprint density at radius 3 is 2.67 bits per heavy atom. The molecule has 118 valence electrons. The lowest BCUT2D eigenvalue weighted by molar-refractivity contribution is 0.0300. The van der Waals surface area contributed by atoms with Gasteiger partial charge in [-0.25, -0.2) is 4.79 Å². The van der Waals surface area contributed by atoms with Gasteiger partial charge in [0.25, 0.3) is 0 Å². The Morgan fingerprint density at radius 2 is 2.14 bits per heavy atom. The molecule has 0 aromatic carbocycles. The fraction of sp³-hybridized carbons (Fsp3) is 0.688. The number of carbonyl (C=O) groups is 1. The molecule has 2 rings (SSSR count). The third-order valence-electron chi connectivity index (χ3n) is 4.47. The van der Waals surface area contributed by atoms with Gasteiger partial charge in [-0.15, -0.1) is 0 Å². The lowest BCUT2D eigenvalue weighted by atomic mass is 9.78. The predicted octanol–water partition coefficient (Wildman–Crippen LogP) is 3.61. The minimum Gasteiger partial charge on any atom is -0.444 e. The average Bonchev–Trinajstić information content (AvgIpc) is 3.06. The van der Waals surface area contributed by atoms with Crippen LogP contribution in [0.2, 0.25) is 0 Å². The maximum atomic E-state index is 11.1. The van der Waals surface area contributed by atoms with Gasteiger partial charge in [0.2, 0.25) is 0 Å². The zero-order valence-corrected chi connectivity index (χ0v) is 13.7. The molecule has 0 aliphatic heterocycles. The van der Waals surface area contributed by atoms with Crippen molar-refractivity contribution in [3.8, 4) is 0 Å². The van der Waals surface area contributed by atoms with E-state index >= 15 is 0 Å². The van der Waals surface area contributed by atoms with Gasteiger partial charge in [-0.1, -0.05) is 12.8 Å². The highest BCUT2D eigenvalue weighted by Crippen LogP contribution is 2.38. The minimum atomic E-state index is -0.724. The summed E-state index contributed by atoms with van der Waals surface area (Å²) in [6, 6.07) is 2.24. The molecule has 1 aromatic rings. The Labute approximate surface area is 130 Å². The van der Waals surface area contributed by atoms with Crippen molar-refractivity contribution in [2.75, 3.05) is 0 Å². The van der Waals surface area contributed by atoms with Crippen molar-refractivity contribution in [2.24, 2.45) is 17.4 Å². The van der Waals surface area contributed by atoms with Crippen LogP contribution in [0.4, 0.5) is 4.79 Å². The number of thiophene rings is 1. The predicted molar refractivity (Wildman–Crippen MR) is 86.4 cm³/mol. The summed E-state index contributed by atoms with van der Waals surface area (Å²) in [6.07, 6.45) is 4.94. The summed E-state index contributed by atoms with van der Waals surface area (Å²) in [5.41, 5.74) is 12.4. The van der Waals surface area contributed by atoms with Gasteiger partial charge in [0, 0.05) is 12.0 Å². The highest BCUT2D eigenvalue weighted by Gasteiger charge is 2.35. The first-order valence-corrected chi connectivity index (χ1v) is 8.59. The number of hydrogen-bond donors (Lipinski definition) is 2. The third-order valence-corrected chi connectivity index (χ3v) is 5.17. The SMILES string of the molecule is CC(C)(CC(c1ccsc1)[C@H](N)C1CCCC1)OC(N)=O. The standard InChI is InChI=1S/C16H26N2O2S/c1-16(2,20-15(18)19)9-13(12-7-8-21-10-12)14(17)11-5-3-4-6-11/h7-8,10-11,13-14H,3-6,9,17H2,1-2H3,(H2,18,19)/t13?,14-/m1/s1. The summed E-state index contributed by atoms with van der Waals surface area (Å²) < 4.78 is 5.27. The molecule has 0 bridgehead atoms. The molecule has 1 aromatic heterocycles. The van der Waals surface area contributed by atoms with Crippen molar-refractivity contribution in [3.05, 3.63) is 22.4 Å². The second-order valence-corrected chi connectivity index (χ2v) is 7.45. The summed E-state index contributed by atoms with van der Waals surface area (Å²) in [6.45, 7) is 3.80. The van der Waals surface area contributed by atoms with Crippen molar-refractivity contribution in [1.29, 1.82) is 0 Å². The monoisotopic (exact) mass is 310 g/mol. The average molecular weight is 310 g/mol. The highest BCUT2D eigenvalue weighted by molar-refractivity contribution is 7.07. The number of amides is 1. The van der Waals surface area contributed by atoms with Gasteiger partial charge in [-0.3, -0.25) is 0 Å². The fourth-order valence-corrected chi connectivity index (χ4v) is 4.20. The first kappa shape index (κ1) is 16.3. The zero-order chi connectivity index (χ0) is 15.5. The molecule has 0 spiro atoms. The maximum Gasteiger partial charge on any atom is 0.405 e. The van der Waals surface area contributed by atoms with E-state index in [1.165, 1.54) is 31.2 Å². The van der Waals surface area contributed by atoms with Crippen molar-refractivity contribution in [3.63, 3.8) is 0 Å². The summed E-state index contributed by atoms with van der Waals surface area (Å²) in [5.74, 6) is 0.771. The van der Waals surface area contributed by atoms with Crippen LogP contribution >= 0.6 is 11.3 Å². The molecule has 5 heteroatoms. The molecule has 1 aliphatic carbocycles.